The minimum atomic E-state index is -0.0298. The first-order chi connectivity index (χ1) is 13.2. The number of pyridine rings is 1. The molecule has 4 heterocycles. The number of aromatic amines is 1. The smallest absolute Gasteiger partial charge is 0.247 e. The van der Waals surface area contributed by atoms with E-state index in [0.29, 0.717) is 5.92 Å². The van der Waals surface area contributed by atoms with Gasteiger partial charge in [0.1, 0.15) is 5.82 Å². The molecule has 2 aliphatic rings. The lowest BCUT2D eigenvalue weighted by molar-refractivity contribution is 0.402. The van der Waals surface area contributed by atoms with Crippen molar-refractivity contribution >= 4 is 11.8 Å². The van der Waals surface area contributed by atoms with Crippen molar-refractivity contribution in [3.8, 4) is 0 Å². The molecule has 0 aliphatic carbocycles. The first-order valence-corrected chi connectivity index (χ1v) is 10.3. The normalized spacial score (nSPS) is 18.3. The lowest BCUT2D eigenvalue weighted by atomic mass is 9.91. The second-order valence-electron chi connectivity index (χ2n) is 7.76. The number of hydrogen-bond acceptors (Lipinski definition) is 5. The summed E-state index contributed by atoms with van der Waals surface area (Å²) in [6.07, 6.45) is 8.63. The highest BCUT2D eigenvalue weighted by Crippen LogP contribution is 2.27. The molecule has 2 saturated heterocycles. The molecule has 144 valence electrons. The third-order valence-electron chi connectivity index (χ3n) is 5.82. The lowest BCUT2D eigenvalue weighted by Crippen LogP contribution is -2.35. The summed E-state index contributed by atoms with van der Waals surface area (Å²) in [6, 6.07) is 5.74. The van der Waals surface area contributed by atoms with Gasteiger partial charge in [-0.1, -0.05) is 13.0 Å². The van der Waals surface area contributed by atoms with E-state index in [1.807, 2.05) is 12.3 Å². The molecule has 0 aromatic carbocycles. The molecule has 4 rings (SSSR count). The Morgan fingerprint density at radius 3 is 2.52 bits per heavy atom. The van der Waals surface area contributed by atoms with Crippen LogP contribution in [0.2, 0.25) is 0 Å². The highest BCUT2D eigenvalue weighted by atomic mass is 16.1. The van der Waals surface area contributed by atoms with E-state index < -0.39 is 0 Å². The zero-order valence-electron chi connectivity index (χ0n) is 16.2. The Labute approximate surface area is 160 Å². The van der Waals surface area contributed by atoms with Gasteiger partial charge in [0, 0.05) is 50.2 Å². The third-order valence-corrected chi connectivity index (χ3v) is 5.82. The molecule has 6 nitrogen and oxygen atoms in total. The van der Waals surface area contributed by atoms with Crippen LogP contribution >= 0.6 is 0 Å². The number of nitrogens with one attached hydrogen (secondary N) is 1. The Balaban J connectivity index is 1.42. The Morgan fingerprint density at radius 2 is 1.85 bits per heavy atom. The van der Waals surface area contributed by atoms with Crippen LogP contribution in [0.5, 0.6) is 0 Å². The number of rotatable bonds is 5. The summed E-state index contributed by atoms with van der Waals surface area (Å²) < 4.78 is 0. The van der Waals surface area contributed by atoms with E-state index in [1.54, 1.807) is 6.07 Å². The van der Waals surface area contributed by atoms with E-state index in [9.17, 15) is 4.79 Å². The minimum Gasteiger partial charge on any atom is -0.356 e. The van der Waals surface area contributed by atoms with Crippen molar-refractivity contribution < 1.29 is 0 Å². The van der Waals surface area contributed by atoms with Crippen molar-refractivity contribution in [3.63, 3.8) is 0 Å². The third kappa shape index (κ3) is 4.31. The molecule has 2 fully saturated rings. The number of aromatic nitrogens is 3. The first-order valence-electron chi connectivity index (χ1n) is 10.3. The molecule has 2 aliphatic heterocycles. The number of anilines is 2. The first kappa shape index (κ1) is 18.0. The maximum absolute atomic E-state index is 11.2. The molecule has 2 aromatic rings. The highest BCUT2D eigenvalue weighted by molar-refractivity contribution is 5.47. The number of aryl methyl sites for hydroxylation is 1. The second-order valence-corrected chi connectivity index (χ2v) is 7.76. The number of piperidine rings is 1. The standard InChI is InChI=1S/C21H29N5O/c1-2-18-14-19(24-21(23-18)26-9-3-4-10-26)25-11-7-16(8-12-25)13-17-5-6-20(27)22-15-17/h5-6,14-16H,2-4,7-13H2,1H3,(H,22,27). The van der Waals surface area contributed by atoms with Gasteiger partial charge in [0.25, 0.3) is 0 Å². The molecule has 0 unspecified atom stereocenters. The van der Waals surface area contributed by atoms with Crippen LogP contribution in [-0.4, -0.2) is 41.1 Å². The molecule has 0 atom stereocenters. The molecule has 6 heteroatoms. The molecule has 0 amide bonds. The Kier molecular flexibility index (Phi) is 5.41. The highest BCUT2D eigenvalue weighted by Gasteiger charge is 2.23. The summed E-state index contributed by atoms with van der Waals surface area (Å²) in [6.45, 7) is 6.39. The van der Waals surface area contributed by atoms with E-state index >= 15 is 0 Å². The fourth-order valence-corrected chi connectivity index (χ4v) is 4.14. The Morgan fingerprint density at radius 1 is 1.07 bits per heavy atom. The topological polar surface area (TPSA) is 65.1 Å². The fourth-order valence-electron chi connectivity index (χ4n) is 4.14. The van der Waals surface area contributed by atoms with Crippen molar-refractivity contribution in [2.45, 2.75) is 45.4 Å². The summed E-state index contributed by atoms with van der Waals surface area (Å²) in [5.41, 5.74) is 2.33. The van der Waals surface area contributed by atoms with E-state index in [4.69, 9.17) is 9.97 Å². The molecule has 1 N–H and O–H groups in total. The molecule has 27 heavy (non-hydrogen) atoms. The predicted octanol–water partition coefficient (Wildman–Crippen LogP) is 2.79. The monoisotopic (exact) mass is 367 g/mol. The summed E-state index contributed by atoms with van der Waals surface area (Å²) in [7, 11) is 0. The zero-order chi connectivity index (χ0) is 18.6. The largest absolute Gasteiger partial charge is 0.356 e. The summed E-state index contributed by atoms with van der Waals surface area (Å²) in [5.74, 6) is 2.67. The van der Waals surface area contributed by atoms with Crippen LogP contribution in [0.3, 0.4) is 0 Å². The van der Waals surface area contributed by atoms with Gasteiger partial charge < -0.3 is 14.8 Å². The summed E-state index contributed by atoms with van der Waals surface area (Å²) >= 11 is 0. The van der Waals surface area contributed by atoms with Crippen LogP contribution < -0.4 is 15.4 Å². The Hall–Kier alpha value is -2.37. The van der Waals surface area contributed by atoms with Gasteiger partial charge in [-0.3, -0.25) is 4.79 Å². The SMILES string of the molecule is CCc1cc(N2CCC(Cc3ccc(=O)[nH]c3)CC2)nc(N2CCCC2)n1. The molecule has 0 spiro atoms. The number of H-pyrrole nitrogens is 1. The van der Waals surface area contributed by atoms with E-state index in [0.717, 1.165) is 69.3 Å². The second kappa shape index (κ2) is 8.11. The van der Waals surface area contributed by atoms with Gasteiger partial charge >= 0.3 is 0 Å². The van der Waals surface area contributed by atoms with E-state index in [2.05, 4.69) is 27.8 Å². The zero-order valence-corrected chi connectivity index (χ0v) is 16.2. The quantitative estimate of drug-likeness (QED) is 0.880. The molecule has 0 radical (unpaired) electrons. The van der Waals surface area contributed by atoms with Gasteiger partial charge in [-0.05, 0) is 50.0 Å². The maximum atomic E-state index is 11.2. The molecule has 2 aromatic heterocycles. The van der Waals surface area contributed by atoms with Crippen molar-refractivity contribution in [2.75, 3.05) is 36.0 Å². The minimum absolute atomic E-state index is 0.0298. The van der Waals surface area contributed by atoms with Crippen molar-refractivity contribution in [3.05, 3.63) is 46.0 Å². The molecular formula is C21H29N5O. The molecular weight excluding hydrogens is 338 g/mol. The molecule has 0 bridgehead atoms. The van der Waals surface area contributed by atoms with Crippen molar-refractivity contribution in [1.82, 2.24) is 15.0 Å². The van der Waals surface area contributed by atoms with Gasteiger partial charge in [-0.2, -0.15) is 4.98 Å². The van der Waals surface area contributed by atoms with Crippen LogP contribution in [-0.2, 0) is 12.8 Å². The van der Waals surface area contributed by atoms with Gasteiger partial charge in [0.2, 0.25) is 11.5 Å². The van der Waals surface area contributed by atoms with Gasteiger partial charge in [0.05, 0.1) is 0 Å². The van der Waals surface area contributed by atoms with E-state index in [1.165, 1.54) is 18.4 Å². The van der Waals surface area contributed by atoms with Crippen molar-refractivity contribution in [1.29, 1.82) is 0 Å². The fraction of sp³-hybridized carbons (Fsp3) is 0.571. The summed E-state index contributed by atoms with van der Waals surface area (Å²) in [5, 5.41) is 0. The summed E-state index contributed by atoms with van der Waals surface area (Å²) in [4.78, 5) is 28.4. The number of hydrogen-bond donors (Lipinski definition) is 1. The average molecular weight is 367 g/mol. The van der Waals surface area contributed by atoms with Gasteiger partial charge in [-0.15, -0.1) is 0 Å². The maximum Gasteiger partial charge on any atom is 0.247 e. The van der Waals surface area contributed by atoms with Crippen LogP contribution in [0, 0.1) is 5.92 Å². The molecule has 0 saturated carbocycles. The average Bonchev–Trinajstić information content (AvgIpc) is 3.25. The van der Waals surface area contributed by atoms with Crippen LogP contribution in [0.4, 0.5) is 11.8 Å². The van der Waals surface area contributed by atoms with Crippen LogP contribution in [0.25, 0.3) is 0 Å². The van der Waals surface area contributed by atoms with Crippen LogP contribution in [0.15, 0.2) is 29.2 Å². The van der Waals surface area contributed by atoms with Gasteiger partial charge in [0.15, 0.2) is 0 Å². The van der Waals surface area contributed by atoms with Crippen LogP contribution in [0.1, 0.15) is 43.9 Å². The lowest BCUT2D eigenvalue weighted by Gasteiger charge is -2.33. The number of nitrogens with zero attached hydrogens (tertiary/aromatic N) is 4. The Bertz CT molecular complexity index is 799. The van der Waals surface area contributed by atoms with E-state index in [-0.39, 0.29) is 5.56 Å². The van der Waals surface area contributed by atoms with Gasteiger partial charge in [-0.25, -0.2) is 4.98 Å². The van der Waals surface area contributed by atoms with Crippen molar-refractivity contribution in [2.24, 2.45) is 5.92 Å². The predicted molar refractivity (Wildman–Crippen MR) is 109 cm³/mol.